The molecule has 4 rings (SSSR count). The van der Waals surface area contributed by atoms with E-state index in [2.05, 4.69) is 20.0 Å². The van der Waals surface area contributed by atoms with Crippen LogP contribution in [0.5, 0.6) is 5.75 Å². The Bertz CT molecular complexity index is 1290. The molecule has 8 nitrogen and oxygen atoms in total. The number of hydrogen-bond donors (Lipinski definition) is 0. The van der Waals surface area contributed by atoms with Crippen molar-refractivity contribution in [1.82, 2.24) is 15.2 Å². The molecule has 1 aliphatic rings. The Morgan fingerprint density at radius 1 is 1.23 bits per heavy atom. The van der Waals surface area contributed by atoms with Gasteiger partial charge >= 0.3 is 12.4 Å². The standard InChI is InChI=1S/C22H16ClF3N6O2S/c1-13-28-29-20(35-13)18-12-32(30-19(18)14-2-4-15(23)5-3-14)21(33)31(11-10-27)16-6-8-17(9-7-16)34-22(24,25)26/h2-9,18H,11-12H2,1H3. The normalized spacial score (nSPS) is 15.5. The highest BCUT2D eigenvalue weighted by Crippen LogP contribution is 2.32. The van der Waals surface area contributed by atoms with Crippen LogP contribution in [0.1, 0.15) is 21.5 Å². The number of aryl methyl sites for hydroxylation is 1. The highest BCUT2D eigenvalue weighted by atomic mass is 35.5. The molecule has 0 N–H and O–H groups in total. The van der Waals surface area contributed by atoms with Crippen molar-refractivity contribution >= 4 is 40.4 Å². The lowest BCUT2D eigenvalue weighted by Gasteiger charge is -2.24. The largest absolute Gasteiger partial charge is 0.573 e. The van der Waals surface area contributed by atoms with Crippen LogP contribution in [0.15, 0.2) is 53.6 Å². The lowest BCUT2D eigenvalue weighted by molar-refractivity contribution is -0.274. The van der Waals surface area contributed by atoms with Gasteiger partial charge in [-0.15, -0.1) is 34.7 Å². The van der Waals surface area contributed by atoms with E-state index in [-0.39, 0.29) is 24.7 Å². The molecule has 0 spiro atoms. The lowest BCUT2D eigenvalue weighted by atomic mass is 9.98. The second-order valence-electron chi connectivity index (χ2n) is 7.35. The summed E-state index contributed by atoms with van der Waals surface area (Å²) in [5, 5.41) is 25.3. The molecule has 2 aromatic carbocycles. The molecule has 2 heterocycles. The van der Waals surface area contributed by atoms with Gasteiger partial charge in [0.15, 0.2) is 0 Å². The van der Waals surface area contributed by atoms with E-state index in [0.717, 1.165) is 27.6 Å². The van der Waals surface area contributed by atoms with E-state index in [1.54, 1.807) is 24.3 Å². The summed E-state index contributed by atoms with van der Waals surface area (Å²) in [5.74, 6) is -0.806. The zero-order valence-corrected chi connectivity index (χ0v) is 19.6. The summed E-state index contributed by atoms with van der Waals surface area (Å²) in [6.07, 6.45) is -4.84. The second-order valence-corrected chi connectivity index (χ2v) is 9.00. The summed E-state index contributed by atoms with van der Waals surface area (Å²) in [4.78, 5) is 14.5. The number of anilines is 1. The van der Waals surface area contributed by atoms with Crippen LogP contribution in [0.4, 0.5) is 23.7 Å². The number of amides is 2. The van der Waals surface area contributed by atoms with Gasteiger partial charge in [0.05, 0.1) is 24.2 Å². The first-order valence-corrected chi connectivity index (χ1v) is 11.3. The van der Waals surface area contributed by atoms with E-state index in [1.165, 1.54) is 28.5 Å². The molecule has 0 radical (unpaired) electrons. The van der Waals surface area contributed by atoms with E-state index in [0.29, 0.717) is 15.7 Å². The fourth-order valence-corrected chi connectivity index (χ4v) is 4.38. The monoisotopic (exact) mass is 520 g/mol. The predicted octanol–water partition coefficient (Wildman–Crippen LogP) is 5.35. The predicted molar refractivity (Wildman–Crippen MR) is 124 cm³/mol. The number of ether oxygens (including phenoxy) is 1. The van der Waals surface area contributed by atoms with Gasteiger partial charge in [-0.05, 0) is 48.9 Å². The zero-order valence-electron chi connectivity index (χ0n) is 18.0. The fourth-order valence-electron chi connectivity index (χ4n) is 3.46. The van der Waals surface area contributed by atoms with Crippen LogP contribution in [0.2, 0.25) is 5.02 Å². The summed E-state index contributed by atoms with van der Waals surface area (Å²) < 4.78 is 41.3. The van der Waals surface area contributed by atoms with Crippen LogP contribution in [-0.4, -0.2) is 46.4 Å². The number of aromatic nitrogens is 2. The number of halogens is 4. The molecule has 0 bridgehead atoms. The van der Waals surface area contributed by atoms with Crippen molar-refractivity contribution < 1.29 is 22.7 Å². The summed E-state index contributed by atoms with van der Waals surface area (Å²) in [6.45, 7) is 1.62. The topological polar surface area (TPSA) is 94.7 Å². The number of alkyl halides is 3. The SMILES string of the molecule is Cc1nnc(C2CN(C(=O)N(CC#N)c3ccc(OC(F)(F)F)cc3)N=C2c2ccc(Cl)cc2)s1. The number of nitriles is 1. The first-order valence-electron chi connectivity index (χ1n) is 10.1. The third-order valence-corrected chi connectivity index (χ3v) is 6.16. The van der Waals surface area contributed by atoms with Crippen LogP contribution in [0, 0.1) is 18.3 Å². The van der Waals surface area contributed by atoms with Crippen molar-refractivity contribution in [3.63, 3.8) is 0 Å². The second kappa shape index (κ2) is 9.89. The summed E-state index contributed by atoms with van der Waals surface area (Å²) in [6, 6.07) is 12.9. The molecular formula is C22H16ClF3N6O2S. The molecule has 3 aromatic rings. The van der Waals surface area contributed by atoms with E-state index in [9.17, 15) is 23.2 Å². The minimum Gasteiger partial charge on any atom is -0.406 e. The maximum atomic E-state index is 13.4. The van der Waals surface area contributed by atoms with Gasteiger partial charge in [0.1, 0.15) is 22.3 Å². The quantitative estimate of drug-likeness (QED) is 0.422. The van der Waals surface area contributed by atoms with Gasteiger partial charge in [-0.3, -0.25) is 4.90 Å². The van der Waals surface area contributed by atoms with Gasteiger partial charge in [0, 0.05) is 10.7 Å². The number of rotatable bonds is 5. The highest BCUT2D eigenvalue weighted by molar-refractivity contribution is 7.11. The molecule has 1 aromatic heterocycles. The van der Waals surface area contributed by atoms with Crippen molar-refractivity contribution in [2.75, 3.05) is 18.0 Å². The number of urea groups is 1. The molecule has 1 unspecified atom stereocenters. The molecule has 0 saturated carbocycles. The lowest BCUT2D eigenvalue weighted by Crippen LogP contribution is -2.40. The Morgan fingerprint density at radius 3 is 2.49 bits per heavy atom. The maximum Gasteiger partial charge on any atom is 0.573 e. The van der Waals surface area contributed by atoms with Crippen molar-refractivity contribution in [1.29, 1.82) is 5.26 Å². The van der Waals surface area contributed by atoms with E-state index < -0.39 is 18.1 Å². The summed E-state index contributed by atoms with van der Waals surface area (Å²) in [7, 11) is 0. The average Bonchev–Trinajstić information content (AvgIpc) is 3.44. The van der Waals surface area contributed by atoms with Gasteiger partial charge in [-0.2, -0.15) is 10.4 Å². The number of hydrogen-bond acceptors (Lipinski definition) is 7. The van der Waals surface area contributed by atoms with Crippen molar-refractivity contribution in [3.05, 3.63) is 69.1 Å². The van der Waals surface area contributed by atoms with Crippen LogP contribution < -0.4 is 9.64 Å². The Hall–Kier alpha value is -3.69. The molecule has 35 heavy (non-hydrogen) atoms. The first kappa shape index (κ1) is 24.4. The molecule has 1 aliphatic heterocycles. The summed E-state index contributed by atoms with van der Waals surface area (Å²) in [5.41, 5.74) is 1.53. The van der Waals surface area contributed by atoms with Crippen molar-refractivity contribution in [2.24, 2.45) is 5.10 Å². The smallest absolute Gasteiger partial charge is 0.406 e. The van der Waals surface area contributed by atoms with Gasteiger partial charge in [-0.25, -0.2) is 9.80 Å². The Kier molecular flexibility index (Phi) is 6.90. The number of benzene rings is 2. The molecule has 0 aliphatic carbocycles. The zero-order chi connectivity index (χ0) is 25.2. The Morgan fingerprint density at radius 2 is 1.91 bits per heavy atom. The van der Waals surface area contributed by atoms with Gasteiger partial charge < -0.3 is 4.74 Å². The van der Waals surface area contributed by atoms with Crippen molar-refractivity contribution in [2.45, 2.75) is 19.2 Å². The van der Waals surface area contributed by atoms with E-state index >= 15 is 0 Å². The molecule has 0 fully saturated rings. The third kappa shape index (κ3) is 5.70. The first-order chi connectivity index (χ1) is 16.6. The number of carbonyl (C=O) groups is 1. The highest BCUT2D eigenvalue weighted by Gasteiger charge is 2.37. The van der Waals surface area contributed by atoms with Crippen LogP contribution in [0.25, 0.3) is 0 Å². The number of nitrogens with zero attached hydrogens (tertiary/aromatic N) is 6. The van der Waals surface area contributed by atoms with Crippen molar-refractivity contribution in [3.8, 4) is 11.8 Å². The van der Waals surface area contributed by atoms with E-state index in [1.807, 2.05) is 13.0 Å². The molecular weight excluding hydrogens is 505 g/mol. The number of hydrazone groups is 1. The maximum absolute atomic E-state index is 13.4. The van der Waals surface area contributed by atoms with Crippen LogP contribution in [-0.2, 0) is 0 Å². The minimum atomic E-state index is -4.84. The van der Waals surface area contributed by atoms with E-state index in [4.69, 9.17) is 11.6 Å². The average molecular weight is 521 g/mol. The fraction of sp³-hybridized carbons (Fsp3) is 0.227. The minimum absolute atomic E-state index is 0.141. The molecule has 1 atom stereocenters. The van der Waals surface area contributed by atoms with Gasteiger partial charge in [-0.1, -0.05) is 23.7 Å². The van der Waals surface area contributed by atoms with Gasteiger partial charge in [0.25, 0.3) is 0 Å². The third-order valence-electron chi connectivity index (χ3n) is 4.96. The van der Waals surface area contributed by atoms with Gasteiger partial charge in [0.2, 0.25) is 0 Å². The molecule has 0 saturated heterocycles. The van der Waals surface area contributed by atoms with Crippen LogP contribution in [0.3, 0.4) is 0 Å². The van der Waals surface area contributed by atoms with Crippen LogP contribution >= 0.6 is 22.9 Å². The Labute approximate surface area is 206 Å². The summed E-state index contributed by atoms with van der Waals surface area (Å²) >= 11 is 7.39. The molecule has 13 heteroatoms. The number of carbonyl (C=O) groups excluding carboxylic acids is 1. The Balaban J connectivity index is 1.64. The molecule has 2 amide bonds. The molecule has 180 valence electrons.